The molecule has 2 aromatic carbocycles. The highest BCUT2D eigenvalue weighted by molar-refractivity contribution is 5.96. The molecule has 136 valence electrons. The summed E-state index contributed by atoms with van der Waals surface area (Å²) in [7, 11) is 1.64. The van der Waals surface area contributed by atoms with Gasteiger partial charge in [0.25, 0.3) is 0 Å². The number of carbonyl (C=O) groups is 2. The Morgan fingerprint density at radius 2 is 1.77 bits per heavy atom. The topological polar surface area (TPSA) is 64.6 Å². The van der Waals surface area contributed by atoms with Crippen LogP contribution in [0.15, 0.2) is 48.5 Å². The summed E-state index contributed by atoms with van der Waals surface area (Å²) in [6, 6.07) is 14.6. The summed E-state index contributed by atoms with van der Waals surface area (Å²) in [4.78, 5) is 24.2. The highest BCUT2D eigenvalue weighted by atomic mass is 16.5. The van der Waals surface area contributed by atoms with Gasteiger partial charge in [0.2, 0.25) is 5.91 Å². The largest absolute Gasteiger partial charge is 0.497 e. The van der Waals surface area contributed by atoms with Crippen molar-refractivity contribution < 1.29 is 19.1 Å². The molecular weight excluding hydrogens is 330 g/mol. The second kappa shape index (κ2) is 8.04. The van der Waals surface area contributed by atoms with Crippen molar-refractivity contribution in [3.63, 3.8) is 0 Å². The fraction of sp³-hybridized carbons (Fsp3) is 0.333. The number of rotatable bonds is 7. The fourth-order valence-electron chi connectivity index (χ4n) is 2.91. The molecule has 0 aliphatic heterocycles. The molecule has 2 atom stereocenters. The monoisotopic (exact) mass is 353 g/mol. The molecule has 5 heteroatoms. The number of ether oxygens (including phenoxy) is 2. The lowest BCUT2D eigenvalue weighted by Gasteiger charge is -2.07. The van der Waals surface area contributed by atoms with E-state index in [1.807, 2.05) is 31.2 Å². The van der Waals surface area contributed by atoms with Crippen LogP contribution in [0.25, 0.3) is 0 Å². The average molecular weight is 353 g/mol. The molecule has 1 aliphatic carbocycles. The van der Waals surface area contributed by atoms with Crippen LogP contribution in [-0.2, 0) is 9.53 Å². The predicted molar refractivity (Wildman–Crippen MR) is 99.5 cm³/mol. The molecular formula is C21H23NO4. The van der Waals surface area contributed by atoms with Crippen LogP contribution in [0.4, 0.5) is 5.69 Å². The van der Waals surface area contributed by atoms with E-state index in [0.717, 1.165) is 24.2 Å². The number of benzene rings is 2. The molecule has 0 bridgehead atoms. The van der Waals surface area contributed by atoms with E-state index in [2.05, 4.69) is 5.32 Å². The average Bonchev–Trinajstić information content (AvgIpc) is 3.48. The highest BCUT2D eigenvalue weighted by Gasteiger charge is 2.43. The van der Waals surface area contributed by atoms with Gasteiger partial charge < -0.3 is 14.8 Å². The van der Waals surface area contributed by atoms with E-state index in [9.17, 15) is 9.59 Å². The maximum absolute atomic E-state index is 12.4. The van der Waals surface area contributed by atoms with E-state index in [1.165, 1.54) is 0 Å². The standard InChI is InChI=1S/C21H23NO4/c1-3-12-26-21(24)15-4-8-16(9-5-15)22-20(23)19-13-18(19)14-6-10-17(25-2)11-7-14/h4-11,18-19H,3,12-13H2,1-2H3,(H,22,23). The highest BCUT2D eigenvalue weighted by Crippen LogP contribution is 2.48. The first-order chi connectivity index (χ1) is 12.6. The van der Waals surface area contributed by atoms with Crippen molar-refractivity contribution in [2.75, 3.05) is 19.0 Å². The lowest BCUT2D eigenvalue weighted by atomic mass is 10.1. The molecule has 0 saturated heterocycles. The lowest BCUT2D eigenvalue weighted by molar-refractivity contribution is -0.117. The number of carbonyl (C=O) groups excluding carboxylic acids is 2. The van der Waals surface area contributed by atoms with Gasteiger partial charge in [-0.25, -0.2) is 4.79 Å². The Bertz CT molecular complexity index is 768. The van der Waals surface area contributed by atoms with Crippen molar-refractivity contribution in [2.45, 2.75) is 25.7 Å². The van der Waals surface area contributed by atoms with E-state index >= 15 is 0 Å². The second-order valence-corrected chi connectivity index (χ2v) is 6.42. The van der Waals surface area contributed by atoms with Crippen molar-refractivity contribution in [3.05, 3.63) is 59.7 Å². The Balaban J connectivity index is 1.54. The summed E-state index contributed by atoms with van der Waals surface area (Å²) in [5.41, 5.74) is 2.32. The van der Waals surface area contributed by atoms with Gasteiger partial charge in [-0.1, -0.05) is 19.1 Å². The van der Waals surface area contributed by atoms with Crippen LogP contribution in [0, 0.1) is 5.92 Å². The Morgan fingerprint density at radius 1 is 1.08 bits per heavy atom. The van der Waals surface area contributed by atoms with Crippen LogP contribution in [0.1, 0.15) is 41.6 Å². The molecule has 0 spiro atoms. The molecule has 3 rings (SSSR count). The van der Waals surface area contributed by atoms with Crippen molar-refractivity contribution in [3.8, 4) is 5.75 Å². The minimum Gasteiger partial charge on any atom is -0.497 e. The third-order valence-electron chi connectivity index (χ3n) is 4.50. The molecule has 5 nitrogen and oxygen atoms in total. The number of nitrogens with one attached hydrogen (secondary N) is 1. The first-order valence-electron chi connectivity index (χ1n) is 8.84. The van der Waals surface area contributed by atoms with Crippen LogP contribution in [0.2, 0.25) is 0 Å². The maximum atomic E-state index is 12.4. The van der Waals surface area contributed by atoms with E-state index < -0.39 is 0 Å². The van der Waals surface area contributed by atoms with Gasteiger partial charge in [-0.15, -0.1) is 0 Å². The van der Waals surface area contributed by atoms with Gasteiger partial charge in [0.05, 0.1) is 19.3 Å². The summed E-state index contributed by atoms with van der Waals surface area (Å²) in [5, 5.41) is 2.92. The number of esters is 1. The SMILES string of the molecule is CCCOC(=O)c1ccc(NC(=O)C2CC2c2ccc(OC)cc2)cc1. The van der Waals surface area contributed by atoms with Crippen molar-refractivity contribution >= 4 is 17.6 Å². The number of hydrogen-bond acceptors (Lipinski definition) is 4. The first kappa shape index (κ1) is 18.0. The van der Waals surface area contributed by atoms with E-state index in [-0.39, 0.29) is 23.7 Å². The van der Waals surface area contributed by atoms with E-state index in [4.69, 9.17) is 9.47 Å². The first-order valence-corrected chi connectivity index (χ1v) is 8.84. The van der Waals surface area contributed by atoms with Gasteiger partial charge in [-0.05, 0) is 60.7 Å². The molecule has 1 amide bonds. The molecule has 1 N–H and O–H groups in total. The molecule has 2 unspecified atom stereocenters. The lowest BCUT2D eigenvalue weighted by Crippen LogP contribution is -2.14. The van der Waals surface area contributed by atoms with Crippen LogP contribution >= 0.6 is 0 Å². The molecule has 1 aliphatic rings. The van der Waals surface area contributed by atoms with Gasteiger partial charge in [0.15, 0.2) is 0 Å². The van der Waals surface area contributed by atoms with Crippen molar-refractivity contribution in [2.24, 2.45) is 5.92 Å². The second-order valence-electron chi connectivity index (χ2n) is 6.42. The van der Waals surface area contributed by atoms with Crippen LogP contribution in [0.3, 0.4) is 0 Å². The normalized spacial score (nSPS) is 18.1. The Labute approximate surface area is 153 Å². The quantitative estimate of drug-likeness (QED) is 0.764. The Hall–Kier alpha value is -2.82. The number of amides is 1. The van der Waals surface area contributed by atoms with E-state index in [1.54, 1.807) is 31.4 Å². The van der Waals surface area contributed by atoms with Crippen molar-refractivity contribution in [1.82, 2.24) is 0 Å². The molecule has 0 aromatic heterocycles. The minimum absolute atomic E-state index is 0.00660. The predicted octanol–water partition coefficient (Wildman–Crippen LogP) is 4.00. The summed E-state index contributed by atoms with van der Waals surface area (Å²) in [5.74, 6) is 0.716. The van der Waals surface area contributed by atoms with Gasteiger partial charge in [-0.3, -0.25) is 4.79 Å². The molecule has 1 saturated carbocycles. The molecule has 26 heavy (non-hydrogen) atoms. The Morgan fingerprint density at radius 3 is 2.38 bits per heavy atom. The molecule has 1 fully saturated rings. The summed E-state index contributed by atoms with van der Waals surface area (Å²) in [6.07, 6.45) is 1.64. The third kappa shape index (κ3) is 4.23. The summed E-state index contributed by atoms with van der Waals surface area (Å²) < 4.78 is 10.2. The van der Waals surface area contributed by atoms with Crippen molar-refractivity contribution in [1.29, 1.82) is 0 Å². The maximum Gasteiger partial charge on any atom is 0.338 e. The zero-order valence-electron chi connectivity index (χ0n) is 15.0. The smallest absolute Gasteiger partial charge is 0.338 e. The fourth-order valence-corrected chi connectivity index (χ4v) is 2.91. The van der Waals surface area contributed by atoms with E-state index in [0.29, 0.717) is 17.9 Å². The molecule has 0 heterocycles. The van der Waals surface area contributed by atoms with Gasteiger partial charge in [-0.2, -0.15) is 0 Å². The summed E-state index contributed by atoms with van der Waals surface area (Å²) in [6.45, 7) is 2.36. The van der Waals surface area contributed by atoms with Gasteiger partial charge >= 0.3 is 5.97 Å². The summed E-state index contributed by atoms with van der Waals surface area (Å²) >= 11 is 0. The van der Waals surface area contributed by atoms with Gasteiger partial charge in [0.1, 0.15) is 5.75 Å². The zero-order chi connectivity index (χ0) is 18.5. The zero-order valence-corrected chi connectivity index (χ0v) is 15.0. The van der Waals surface area contributed by atoms with Crippen LogP contribution in [-0.4, -0.2) is 25.6 Å². The third-order valence-corrected chi connectivity index (χ3v) is 4.50. The minimum atomic E-state index is -0.341. The van der Waals surface area contributed by atoms with Crippen LogP contribution < -0.4 is 10.1 Å². The number of methoxy groups -OCH3 is 1. The Kier molecular flexibility index (Phi) is 5.56. The van der Waals surface area contributed by atoms with Gasteiger partial charge in [0, 0.05) is 11.6 Å². The van der Waals surface area contributed by atoms with Crippen LogP contribution in [0.5, 0.6) is 5.75 Å². The molecule has 0 radical (unpaired) electrons. The molecule has 2 aromatic rings. The number of anilines is 1. The number of hydrogen-bond donors (Lipinski definition) is 1.